The molecule has 0 unspecified atom stereocenters. The van der Waals surface area contributed by atoms with Crippen LogP contribution in [0.25, 0.3) is 10.8 Å². The number of benzene rings is 2. The van der Waals surface area contributed by atoms with Gasteiger partial charge in [-0.2, -0.15) is 0 Å². The molecule has 0 saturated carbocycles. The maximum Gasteiger partial charge on any atom is 0.216 e. The number of rotatable bonds is 7. The minimum absolute atomic E-state index is 0.00144. The Balaban J connectivity index is 2.48. The van der Waals surface area contributed by atoms with E-state index < -0.39 is 0 Å². The third-order valence-electron chi connectivity index (χ3n) is 3.61. The summed E-state index contributed by atoms with van der Waals surface area (Å²) in [6.45, 7) is 8.68. The van der Waals surface area contributed by atoms with E-state index in [1.807, 2.05) is 19.1 Å². The fraction of sp³-hybridized carbons (Fsp3) is 0.316. The molecule has 22 heavy (non-hydrogen) atoms. The van der Waals surface area contributed by atoms with Gasteiger partial charge in [0.2, 0.25) is 5.91 Å². The second-order valence-corrected chi connectivity index (χ2v) is 5.22. The van der Waals surface area contributed by atoms with Crippen LogP contribution in [0.1, 0.15) is 25.0 Å². The topological polar surface area (TPSA) is 38.3 Å². The number of carbonyl (C=O) groups excluding carboxylic acids is 1. The van der Waals surface area contributed by atoms with Gasteiger partial charge in [0.05, 0.1) is 6.61 Å². The van der Waals surface area contributed by atoms with E-state index >= 15 is 0 Å². The highest BCUT2D eigenvalue weighted by molar-refractivity contribution is 5.91. The van der Waals surface area contributed by atoms with Crippen molar-refractivity contribution in [1.82, 2.24) is 5.32 Å². The van der Waals surface area contributed by atoms with Gasteiger partial charge < -0.3 is 10.1 Å². The number of carbonyl (C=O) groups is 1. The first kappa shape index (κ1) is 16.1. The summed E-state index contributed by atoms with van der Waals surface area (Å²) in [4.78, 5) is 11.1. The summed E-state index contributed by atoms with van der Waals surface area (Å²) in [6.07, 6.45) is 3.47. The van der Waals surface area contributed by atoms with Crippen molar-refractivity contribution in [3.05, 3.63) is 54.1 Å². The van der Waals surface area contributed by atoms with Gasteiger partial charge in [0, 0.05) is 19.0 Å². The third kappa shape index (κ3) is 3.67. The Morgan fingerprint density at radius 1 is 1.32 bits per heavy atom. The molecule has 2 aromatic carbocycles. The van der Waals surface area contributed by atoms with Gasteiger partial charge in [-0.25, -0.2) is 0 Å². The average Bonchev–Trinajstić information content (AvgIpc) is 2.49. The van der Waals surface area contributed by atoms with E-state index in [4.69, 9.17) is 4.74 Å². The van der Waals surface area contributed by atoms with Gasteiger partial charge in [-0.05, 0) is 42.2 Å². The molecule has 0 fully saturated rings. The van der Waals surface area contributed by atoms with Crippen molar-refractivity contribution in [1.29, 1.82) is 0 Å². The minimum atomic E-state index is 0.00144. The summed E-state index contributed by atoms with van der Waals surface area (Å²) in [5.41, 5.74) is 2.40. The SMILES string of the molecule is C=CCc1c(OCC)ccc2cccc(CCNC(C)=O)c12. The first-order valence-corrected chi connectivity index (χ1v) is 7.69. The van der Waals surface area contributed by atoms with Crippen LogP contribution in [-0.4, -0.2) is 19.1 Å². The molecule has 3 nitrogen and oxygen atoms in total. The van der Waals surface area contributed by atoms with Gasteiger partial charge in [0.1, 0.15) is 5.75 Å². The number of nitrogens with one attached hydrogen (secondary N) is 1. The van der Waals surface area contributed by atoms with E-state index in [0.717, 1.165) is 18.6 Å². The van der Waals surface area contributed by atoms with E-state index in [9.17, 15) is 4.79 Å². The molecular weight excluding hydrogens is 274 g/mol. The summed E-state index contributed by atoms with van der Waals surface area (Å²) in [7, 11) is 0. The van der Waals surface area contributed by atoms with Crippen LogP contribution in [0.5, 0.6) is 5.75 Å². The lowest BCUT2D eigenvalue weighted by atomic mass is 9.95. The van der Waals surface area contributed by atoms with E-state index in [0.29, 0.717) is 13.2 Å². The number of hydrogen-bond acceptors (Lipinski definition) is 2. The zero-order chi connectivity index (χ0) is 15.9. The number of allylic oxidation sites excluding steroid dienone is 1. The predicted octanol–water partition coefficient (Wildman–Crippen LogP) is 3.65. The lowest BCUT2D eigenvalue weighted by Crippen LogP contribution is -2.22. The van der Waals surface area contributed by atoms with Crippen molar-refractivity contribution in [3.8, 4) is 5.75 Å². The molecule has 2 aromatic rings. The molecule has 0 bridgehead atoms. The predicted molar refractivity (Wildman–Crippen MR) is 91.4 cm³/mol. The first-order valence-electron chi connectivity index (χ1n) is 7.69. The highest BCUT2D eigenvalue weighted by Crippen LogP contribution is 2.31. The lowest BCUT2D eigenvalue weighted by molar-refractivity contribution is -0.118. The van der Waals surface area contributed by atoms with E-state index in [2.05, 4.69) is 36.2 Å². The van der Waals surface area contributed by atoms with Gasteiger partial charge in [0.15, 0.2) is 0 Å². The van der Waals surface area contributed by atoms with Crippen molar-refractivity contribution in [2.75, 3.05) is 13.2 Å². The molecule has 3 heteroatoms. The molecule has 0 saturated heterocycles. The molecule has 0 aromatic heterocycles. The van der Waals surface area contributed by atoms with Crippen LogP contribution >= 0.6 is 0 Å². The molecule has 0 heterocycles. The van der Waals surface area contributed by atoms with Crippen molar-refractivity contribution in [2.45, 2.75) is 26.7 Å². The van der Waals surface area contributed by atoms with Crippen LogP contribution in [0, 0.1) is 0 Å². The molecule has 1 amide bonds. The normalized spacial score (nSPS) is 10.5. The van der Waals surface area contributed by atoms with Crippen LogP contribution in [0.3, 0.4) is 0 Å². The monoisotopic (exact) mass is 297 g/mol. The van der Waals surface area contributed by atoms with E-state index in [-0.39, 0.29) is 5.91 Å². The van der Waals surface area contributed by atoms with Crippen LogP contribution in [-0.2, 0) is 17.6 Å². The molecule has 116 valence electrons. The van der Waals surface area contributed by atoms with Crippen LogP contribution in [0.2, 0.25) is 0 Å². The molecule has 0 aliphatic rings. The zero-order valence-electron chi connectivity index (χ0n) is 13.3. The second-order valence-electron chi connectivity index (χ2n) is 5.22. The average molecular weight is 297 g/mol. The molecule has 2 rings (SSSR count). The number of ether oxygens (including phenoxy) is 1. The van der Waals surface area contributed by atoms with Gasteiger partial charge in [0.25, 0.3) is 0 Å². The molecular formula is C19H23NO2. The number of amides is 1. The quantitative estimate of drug-likeness (QED) is 0.792. The third-order valence-corrected chi connectivity index (χ3v) is 3.61. The maximum absolute atomic E-state index is 11.1. The van der Waals surface area contributed by atoms with Crippen molar-refractivity contribution in [2.24, 2.45) is 0 Å². The highest BCUT2D eigenvalue weighted by atomic mass is 16.5. The van der Waals surface area contributed by atoms with Gasteiger partial charge in [-0.15, -0.1) is 6.58 Å². The molecule has 0 aliphatic carbocycles. The summed E-state index contributed by atoms with van der Waals surface area (Å²) in [6, 6.07) is 10.4. The van der Waals surface area contributed by atoms with Gasteiger partial charge in [-0.3, -0.25) is 4.79 Å². The molecule has 1 N–H and O–H groups in total. The lowest BCUT2D eigenvalue weighted by Gasteiger charge is -2.15. The van der Waals surface area contributed by atoms with Crippen molar-refractivity contribution in [3.63, 3.8) is 0 Å². The van der Waals surface area contributed by atoms with Crippen molar-refractivity contribution < 1.29 is 9.53 Å². The second kappa shape index (κ2) is 7.64. The molecule has 0 aliphatic heterocycles. The summed E-state index contributed by atoms with van der Waals surface area (Å²) < 4.78 is 5.78. The van der Waals surface area contributed by atoms with Crippen molar-refractivity contribution >= 4 is 16.7 Å². The summed E-state index contributed by atoms with van der Waals surface area (Å²) in [5, 5.41) is 5.28. The van der Waals surface area contributed by atoms with Crippen LogP contribution in [0.4, 0.5) is 0 Å². The zero-order valence-corrected chi connectivity index (χ0v) is 13.3. The van der Waals surface area contributed by atoms with Crippen LogP contribution < -0.4 is 10.1 Å². The highest BCUT2D eigenvalue weighted by Gasteiger charge is 2.11. The van der Waals surface area contributed by atoms with E-state index in [1.54, 1.807) is 6.92 Å². The molecule has 0 spiro atoms. The molecule has 0 atom stereocenters. The fourth-order valence-electron chi connectivity index (χ4n) is 2.74. The number of fused-ring (bicyclic) bond motifs is 1. The fourth-order valence-corrected chi connectivity index (χ4v) is 2.74. The summed E-state index contributed by atoms with van der Waals surface area (Å²) in [5.74, 6) is 0.920. The Morgan fingerprint density at radius 2 is 2.14 bits per heavy atom. The standard InChI is InChI=1S/C19H23NO2/c1-4-7-17-18(22-5-2)11-10-15-8-6-9-16(19(15)17)12-13-20-14(3)21/h4,6,8-11H,1,5,7,12-13H2,2-3H3,(H,20,21). The minimum Gasteiger partial charge on any atom is -0.494 e. The Hall–Kier alpha value is -2.29. The van der Waals surface area contributed by atoms with Gasteiger partial charge in [-0.1, -0.05) is 30.3 Å². The maximum atomic E-state index is 11.1. The largest absolute Gasteiger partial charge is 0.494 e. The smallest absolute Gasteiger partial charge is 0.216 e. The Bertz CT molecular complexity index is 676. The summed E-state index contributed by atoms with van der Waals surface area (Å²) >= 11 is 0. The Kier molecular flexibility index (Phi) is 5.59. The number of hydrogen-bond donors (Lipinski definition) is 1. The first-order chi connectivity index (χ1) is 10.7. The Labute approximate surface area is 132 Å². The van der Waals surface area contributed by atoms with Crippen LogP contribution in [0.15, 0.2) is 43.0 Å². The molecule has 0 radical (unpaired) electrons. The van der Waals surface area contributed by atoms with Gasteiger partial charge >= 0.3 is 0 Å². The Morgan fingerprint density at radius 3 is 2.82 bits per heavy atom. The van der Waals surface area contributed by atoms with E-state index in [1.165, 1.54) is 21.9 Å².